The topological polar surface area (TPSA) is 48.4 Å². The molecule has 0 amide bonds. The number of ether oxygens (including phenoxy) is 2. The van der Waals surface area contributed by atoms with Gasteiger partial charge in [0.15, 0.2) is 0 Å². The summed E-state index contributed by atoms with van der Waals surface area (Å²) in [7, 11) is 0. The lowest BCUT2D eigenvalue weighted by molar-refractivity contribution is -0.135. The van der Waals surface area contributed by atoms with Gasteiger partial charge in [-0.3, -0.25) is 4.79 Å². The number of hydrogen-bond acceptors (Lipinski definition) is 5. The minimum absolute atomic E-state index is 0.174. The molecule has 0 N–H and O–H groups in total. The van der Waals surface area contributed by atoms with Crippen molar-refractivity contribution in [3.05, 3.63) is 48.0 Å². The van der Waals surface area contributed by atoms with E-state index in [4.69, 9.17) is 9.47 Å². The number of carbonyl (C=O) groups is 1. The molecule has 0 saturated heterocycles. The first kappa shape index (κ1) is 13.3. The fourth-order valence-corrected chi connectivity index (χ4v) is 3.43. The molecule has 22 heavy (non-hydrogen) atoms. The molecule has 1 aromatic heterocycles. The Bertz CT molecular complexity index is 838. The molecule has 3 aromatic rings. The lowest BCUT2D eigenvalue weighted by Crippen LogP contribution is -2.18. The fourth-order valence-electron chi connectivity index (χ4n) is 2.59. The summed E-state index contributed by atoms with van der Waals surface area (Å²) in [5, 5.41) is 0.580. The number of rotatable bonds is 2. The second kappa shape index (κ2) is 5.10. The van der Waals surface area contributed by atoms with Crippen LogP contribution in [-0.4, -0.2) is 11.0 Å². The quantitative estimate of drug-likeness (QED) is 0.516. The molecule has 0 saturated carbocycles. The summed E-state index contributed by atoms with van der Waals surface area (Å²) in [6, 6.07) is 13.5. The van der Waals surface area contributed by atoms with Gasteiger partial charge in [-0.05, 0) is 29.7 Å². The molecular weight excluding hydrogens is 298 g/mol. The van der Waals surface area contributed by atoms with E-state index in [0.717, 1.165) is 15.8 Å². The van der Waals surface area contributed by atoms with Crippen LogP contribution < -0.4 is 9.47 Å². The highest BCUT2D eigenvalue weighted by Crippen LogP contribution is 2.38. The van der Waals surface area contributed by atoms with Crippen molar-refractivity contribution in [2.75, 3.05) is 0 Å². The smallest absolute Gasteiger partial charge is 0.311 e. The van der Waals surface area contributed by atoms with Crippen molar-refractivity contribution in [2.45, 2.75) is 19.3 Å². The number of aromatic nitrogens is 1. The standard InChI is InChI=1S/C17H13NO3S/c1-10-8-16(19)21-14-9-11(6-7-12(10)14)20-17-18-13-4-2-3-5-15(13)22-17/h2-7,9-10H,8H2,1H3. The van der Waals surface area contributed by atoms with E-state index < -0.39 is 0 Å². The maximum atomic E-state index is 11.5. The highest BCUT2D eigenvalue weighted by atomic mass is 32.1. The second-order valence-electron chi connectivity index (χ2n) is 5.33. The molecule has 2 heterocycles. The summed E-state index contributed by atoms with van der Waals surface area (Å²) in [4.78, 5) is 16.0. The van der Waals surface area contributed by atoms with Gasteiger partial charge in [0.05, 0.1) is 16.6 Å². The number of nitrogens with zero attached hydrogens (tertiary/aromatic N) is 1. The lowest BCUT2D eigenvalue weighted by Gasteiger charge is -2.21. The number of hydrogen-bond donors (Lipinski definition) is 0. The summed E-state index contributed by atoms with van der Waals surface area (Å²) in [5.41, 5.74) is 1.96. The number of fused-ring (bicyclic) bond motifs is 2. The van der Waals surface area contributed by atoms with Crippen LogP contribution >= 0.6 is 11.3 Å². The molecule has 0 bridgehead atoms. The average molecular weight is 311 g/mol. The molecule has 1 atom stereocenters. The minimum Gasteiger partial charge on any atom is -0.431 e. The summed E-state index contributed by atoms with van der Waals surface area (Å²) in [6.45, 7) is 2.02. The molecule has 4 rings (SSSR count). The highest BCUT2D eigenvalue weighted by molar-refractivity contribution is 7.20. The maximum Gasteiger partial charge on any atom is 0.311 e. The Morgan fingerprint density at radius 1 is 1.27 bits per heavy atom. The van der Waals surface area contributed by atoms with Crippen molar-refractivity contribution in [1.29, 1.82) is 0 Å². The molecule has 0 fully saturated rings. The first-order valence-corrected chi connectivity index (χ1v) is 7.89. The van der Waals surface area contributed by atoms with Gasteiger partial charge in [0, 0.05) is 6.07 Å². The Morgan fingerprint density at radius 2 is 2.14 bits per heavy atom. The Hall–Kier alpha value is -2.40. The van der Waals surface area contributed by atoms with E-state index in [9.17, 15) is 4.79 Å². The number of benzene rings is 2. The number of thiazole rings is 1. The monoisotopic (exact) mass is 311 g/mol. The van der Waals surface area contributed by atoms with Crippen molar-refractivity contribution in [3.63, 3.8) is 0 Å². The molecule has 0 radical (unpaired) electrons. The van der Waals surface area contributed by atoms with Gasteiger partial charge in [0.2, 0.25) is 0 Å². The third kappa shape index (κ3) is 2.33. The zero-order valence-corrected chi connectivity index (χ0v) is 12.7. The molecule has 1 unspecified atom stereocenters. The third-order valence-corrected chi connectivity index (χ3v) is 4.61. The predicted molar refractivity (Wildman–Crippen MR) is 84.8 cm³/mol. The SMILES string of the molecule is CC1CC(=O)Oc2cc(Oc3nc4ccccc4s3)ccc21. The molecule has 4 nitrogen and oxygen atoms in total. The zero-order valence-electron chi connectivity index (χ0n) is 11.9. The van der Waals surface area contributed by atoms with Crippen LogP contribution in [0.5, 0.6) is 16.7 Å². The molecule has 5 heteroatoms. The molecule has 110 valence electrons. The molecule has 1 aliphatic rings. The summed E-state index contributed by atoms with van der Waals surface area (Å²) < 4.78 is 12.2. The van der Waals surface area contributed by atoms with Gasteiger partial charge in [0.25, 0.3) is 5.19 Å². The highest BCUT2D eigenvalue weighted by Gasteiger charge is 2.24. The van der Waals surface area contributed by atoms with Gasteiger partial charge in [0.1, 0.15) is 11.5 Å². The van der Waals surface area contributed by atoms with Crippen LogP contribution in [0.3, 0.4) is 0 Å². The van der Waals surface area contributed by atoms with Crippen molar-refractivity contribution in [1.82, 2.24) is 4.98 Å². The third-order valence-electron chi connectivity index (χ3n) is 3.69. The van der Waals surface area contributed by atoms with Gasteiger partial charge in [-0.2, -0.15) is 0 Å². The van der Waals surface area contributed by atoms with Gasteiger partial charge in [-0.25, -0.2) is 4.98 Å². The van der Waals surface area contributed by atoms with E-state index in [1.165, 1.54) is 11.3 Å². The van der Waals surface area contributed by atoms with E-state index in [1.54, 1.807) is 6.07 Å². The van der Waals surface area contributed by atoms with Crippen molar-refractivity contribution >= 4 is 27.5 Å². The largest absolute Gasteiger partial charge is 0.431 e. The van der Waals surface area contributed by atoms with Crippen LogP contribution in [-0.2, 0) is 4.79 Å². The average Bonchev–Trinajstić information content (AvgIpc) is 2.88. The molecule has 0 spiro atoms. The zero-order chi connectivity index (χ0) is 15.1. The first-order valence-electron chi connectivity index (χ1n) is 7.07. The first-order chi connectivity index (χ1) is 10.7. The van der Waals surface area contributed by atoms with Crippen LogP contribution in [0.4, 0.5) is 0 Å². The Labute approximate surface area is 131 Å². The predicted octanol–water partition coefficient (Wildman–Crippen LogP) is 4.50. The van der Waals surface area contributed by atoms with Crippen LogP contribution in [0, 0.1) is 0 Å². The van der Waals surface area contributed by atoms with Gasteiger partial charge < -0.3 is 9.47 Å². The molecular formula is C17H13NO3S. The van der Waals surface area contributed by atoms with E-state index in [2.05, 4.69) is 4.98 Å². The van der Waals surface area contributed by atoms with E-state index in [0.29, 0.717) is 23.1 Å². The van der Waals surface area contributed by atoms with Crippen molar-refractivity contribution in [2.24, 2.45) is 0 Å². The minimum atomic E-state index is -0.197. The van der Waals surface area contributed by atoms with Crippen molar-refractivity contribution < 1.29 is 14.3 Å². The summed E-state index contributed by atoms with van der Waals surface area (Å²) in [5.74, 6) is 1.19. The number of carbonyl (C=O) groups excluding carboxylic acids is 1. The van der Waals surface area contributed by atoms with Crippen LogP contribution in [0.2, 0.25) is 0 Å². The molecule has 1 aliphatic heterocycles. The van der Waals surface area contributed by atoms with Crippen LogP contribution in [0.1, 0.15) is 24.8 Å². The van der Waals surface area contributed by atoms with E-state index in [-0.39, 0.29) is 11.9 Å². The molecule has 2 aromatic carbocycles. The van der Waals surface area contributed by atoms with Gasteiger partial charge >= 0.3 is 5.97 Å². The van der Waals surface area contributed by atoms with Crippen LogP contribution in [0.25, 0.3) is 10.2 Å². The van der Waals surface area contributed by atoms with Gasteiger partial charge in [-0.1, -0.05) is 36.5 Å². The lowest BCUT2D eigenvalue weighted by atomic mass is 9.95. The fraction of sp³-hybridized carbons (Fsp3) is 0.176. The number of esters is 1. The van der Waals surface area contributed by atoms with E-state index in [1.807, 2.05) is 43.3 Å². The van der Waals surface area contributed by atoms with Crippen LogP contribution in [0.15, 0.2) is 42.5 Å². The Morgan fingerprint density at radius 3 is 3.00 bits per heavy atom. The Balaban J connectivity index is 1.66. The number of para-hydroxylation sites is 1. The normalized spacial score (nSPS) is 17.1. The second-order valence-corrected chi connectivity index (χ2v) is 6.32. The summed E-state index contributed by atoms with van der Waals surface area (Å²) >= 11 is 1.49. The van der Waals surface area contributed by atoms with Crippen molar-refractivity contribution in [3.8, 4) is 16.7 Å². The van der Waals surface area contributed by atoms with Gasteiger partial charge in [-0.15, -0.1) is 0 Å². The van der Waals surface area contributed by atoms with E-state index >= 15 is 0 Å². The molecule has 0 aliphatic carbocycles. The Kier molecular flexibility index (Phi) is 3.08. The summed E-state index contributed by atoms with van der Waals surface area (Å²) in [6.07, 6.45) is 0.422. The maximum absolute atomic E-state index is 11.5.